The minimum absolute atomic E-state index is 0.0193. The van der Waals surface area contributed by atoms with Gasteiger partial charge in [0, 0.05) is 42.0 Å². The van der Waals surface area contributed by atoms with E-state index >= 15 is 0 Å². The van der Waals surface area contributed by atoms with Crippen LogP contribution >= 0.6 is 0 Å². The number of anilines is 1. The number of carbonyl (C=O) groups is 2. The number of benzene rings is 2. The van der Waals surface area contributed by atoms with Gasteiger partial charge in [-0.2, -0.15) is 0 Å². The van der Waals surface area contributed by atoms with Gasteiger partial charge in [-0.15, -0.1) is 0 Å². The number of fused-ring (bicyclic) bond motifs is 1. The monoisotopic (exact) mass is 512 g/mol. The number of nitrogens with zero attached hydrogens (tertiary/aromatic N) is 2. The fraction of sp³-hybridized carbons (Fsp3) is 0.423. The fourth-order valence-electron chi connectivity index (χ4n) is 4.79. The highest BCUT2D eigenvalue weighted by Gasteiger charge is 2.32. The van der Waals surface area contributed by atoms with Gasteiger partial charge in [0.2, 0.25) is 15.9 Å². The van der Waals surface area contributed by atoms with E-state index in [0.717, 1.165) is 6.42 Å². The van der Waals surface area contributed by atoms with Crippen LogP contribution in [0.3, 0.4) is 0 Å². The molecule has 1 aliphatic rings. The number of carbonyl (C=O) groups excluding carboxylic acids is 2. The largest absolute Gasteiger partial charge is 0.361 e. The highest BCUT2D eigenvalue weighted by Crippen LogP contribution is 2.31. The summed E-state index contributed by atoms with van der Waals surface area (Å²) >= 11 is 0. The minimum atomic E-state index is -3.86. The fourth-order valence-corrected chi connectivity index (χ4v) is 6.38. The van der Waals surface area contributed by atoms with E-state index in [1.807, 2.05) is 18.7 Å². The van der Waals surface area contributed by atoms with Crippen LogP contribution in [0.4, 0.5) is 5.69 Å². The average molecular weight is 513 g/mol. The molecule has 0 radical (unpaired) electrons. The molecule has 1 unspecified atom stereocenters. The molecule has 0 bridgehead atoms. The molecule has 1 aromatic heterocycles. The maximum absolute atomic E-state index is 13.5. The van der Waals surface area contributed by atoms with Crippen molar-refractivity contribution in [3.8, 4) is 0 Å². The third-order valence-electron chi connectivity index (χ3n) is 6.71. The lowest BCUT2D eigenvalue weighted by molar-refractivity contribution is -0.133. The Hall–Kier alpha value is -3.24. The van der Waals surface area contributed by atoms with E-state index < -0.39 is 10.0 Å². The second kappa shape index (κ2) is 10.4. The highest BCUT2D eigenvalue weighted by molar-refractivity contribution is 7.89. The molecule has 36 heavy (non-hydrogen) atoms. The number of nitrogens with one attached hydrogen (secondary N) is 2. The van der Waals surface area contributed by atoms with Crippen LogP contribution in [0.2, 0.25) is 0 Å². The van der Waals surface area contributed by atoms with Gasteiger partial charge >= 0.3 is 0 Å². The third-order valence-corrected chi connectivity index (χ3v) is 8.26. The summed E-state index contributed by atoms with van der Waals surface area (Å²) in [7, 11) is -3.86. The third kappa shape index (κ3) is 5.15. The highest BCUT2D eigenvalue weighted by atomic mass is 32.2. The summed E-state index contributed by atoms with van der Waals surface area (Å²) in [5.41, 5.74) is 1.33. The zero-order valence-electron chi connectivity index (χ0n) is 21.0. The second-order valence-electron chi connectivity index (χ2n) is 9.39. The summed E-state index contributed by atoms with van der Waals surface area (Å²) < 4.78 is 34.9. The number of piperidine rings is 1. The zero-order valence-corrected chi connectivity index (χ0v) is 21.8. The standard InChI is InChI=1S/C26H32N4O5S/c1-5-8-24(31)30-14-13-21(16(2)15-30)29-36(33,34)23-12-11-22(19-9-6-7-10-20(19)23)27-26(32)25-17(3)28-35-18(25)4/h6-7,9-12,16,21,29H,5,8,13-15H2,1-4H3,(H,27,32)/t16-,21?/m1/s1. The summed E-state index contributed by atoms with van der Waals surface area (Å²) in [6, 6.07) is 9.90. The zero-order chi connectivity index (χ0) is 26.0. The Bertz CT molecular complexity index is 1380. The van der Waals surface area contributed by atoms with Crippen LogP contribution in [-0.2, 0) is 14.8 Å². The van der Waals surface area contributed by atoms with Gasteiger partial charge in [-0.05, 0) is 44.7 Å². The second-order valence-corrected chi connectivity index (χ2v) is 11.1. The van der Waals surface area contributed by atoms with Crippen molar-refractivity contribution < 1.29 is 22.5 Å². The van der Waals surface area contributed by atoms with Crippen molar-refractivity contribution in [1.29, 1.82) is 0 Å². The predicted molar refractivity (Wildman–Crippen MR) is 137 cm³/mol. The quantitative estimate of drug-likeness (QED) is 0.493. The molecule has 9 nitrogen and oxygen atoms in total. The van der Waals surface area contributed by atoms with E-state index in [-0.39, 0.29) is 28.7 Å². The molecular formula is C26H32N4O5S. The summed E-state index contributed by atoms with van der Waals surface area (Å²) in [5, 5.41) is 7.81. The van der Waals surface area contributed by atoms with Crippen molar-refractivity contribution in [3.63, 3.8) is 0 Å². The Labute approximate surface area is 211 Å². The lowest BCUT2D eigenvalue weighted by Crippen LogP contribution is -2.51. The first kappa shape index (κ1) is 25.8. The van der Waals surface area contributed by atoms with Gasteiger partial charge in [-0.1, -0.05) is 43.3 Å². The van der Waals surface area contributed by atoms with Crippen LogP contribution in [0.1, 0.15) is 54.9 Å². The summed E-state index contributed by atoms with van der Waals surface area (Å²) in [5.74, 6) is 0.137. The molecule has 1 aliphatic heterocycles. The van der Waals surface area contributed by atoms with Gasteiger partial charge in [0.25, 0.3) is 5.91 Å². The molecular weight excluding hydrogens is 480 g/mol. The van der Waals surface area contributed by atoms with Crippen LogP contribution in [0, 0.1) is 19.8 Å². The van der Waals surface area contributed by atoms with E-state index in [4.69, 9.17) is 4.52 Å². The molecule has 1 fully saturated rings. The molecule has 1 saturated heterocycles. The van der Waals surface area contributed by atoms with Gasteiger partial charge in [0.1, 0.15) is 11.3 Å². The van der Waals surface area contributed by atoms with E-state index in [1.165, 1.54) is 6.07 Å². The SMILES string of the molecule is CCCC(=O)N1CCC(NS(=O)(=O)c2ccc(NC(=O)c3c(C)noc3C)c3ccccc23)[C@H](C)C1. The molecule has 2 amide bonds. The molecule has 3 aromatic rings. The van der Waals surface area contributed by atoms with Gasteiger partial charge in [-0.25, -0.2) is 13.1 Å². The first-order valence-electron chi connectivity index (χ1n) is 12.2. The molecule has 2 N–H and O–H groups in total. The molecule has 0 saturated carbocycles. The number of sulfonamides is 1. The van der Waals surface area contributed by atoms with Crippen LogP contribution in [0.15, 0.2) is 45.8 Å². The van der Waals surface area contributed by atoms with Crippen LogP contribution in [0.25, 0.3) is 10.8 Å². The smallest absolute Gasteiger partial charge is 0.261 e. The lowest BCUT2D eigenvalue weighted by Gasteiger charge is -2.37. The number of amides is 2. The molecule has 2 aromatic carbocycles. The molecule has 10 heteroatoms. The predicted octanol–water partition coefficient (Wildman–Crippen LogP) is 4.01. The Balaban J connectivity index is 1.58. The number of hydrogen-bond donors (Lipinski definition) is 2. The summed E-state index contributed by atoms with van der Waals surface area (Å²) in [6.45, 7) is 8.35. The van der Waals surface area contributed by atoms with Gasteiger partial charge in [0.05, 0.1) is 10.6 Å². The van der Waals surface area contributed by atoms with Crippen LogP contribution in [-0.4, -0.2) is 49.4 Å². The van der Waals surface area contributed by atoms with Crippen molar-refractivity contribution in [2.75, 3.05) is 18.4 Å². The van der Waals surface area contributed by atoms with Gasteiger partial charge < -0.3 is 14.7 Å². The van der Waals surface area contributed by atoms with Gasteiger partial charge in [-0.3, -0.25) is 9.59 Å². The number of aromatic nitrogens is 1. The maximum Gasteiger partial charge on any atom is 0.261 e. The molecule has 4 rings (SSSR count). The lowest BCUT2D eigenvalue weighted by atomic mass is 9.94. The maximum atomic E-state index is 13.5. The van der Waals surface area contributed by atoms with E-state index in [1.54, 1.807) is 44.2 Å². The van der Waals surface area contributed by atoms with E-state index in [0.29, 0.717) is 59.4 Å². The first-order valence-corrected chi connectivity index (χ1v) is 13.7. The molecule has 0 aliphatic carbocycles. The molecule has 2 heterocycles. The average Bonchev–Trinajstić information content (AvgIpc) is 3.18. The number of rotatable bonds is 7. The first-order chi connectivity index (χ1) is 17.1. The number of hydrogen-bond acceptors (Lipinski definition) is 6. The van der Waals surface area contributed by atoms with Gasteiger partial charge in [0.15, 0.2) is 0 Å². The topological polar surface area (TPSA) is 122 Å². The Morgan fingerprint density at radius 3 is 2.50 bits per heavy atom. The Kier molecular flexibility index (Phi) is 7.46. The number of aryl methyl sites for hydroxylation is 2. The summed E-state index contributed by atoms with van der Waals surface area (Å²) in [6.07, 6.45) is 1.86. The normalized spacial score (nSPS) is 18.4. The number of likely N-dealkylation sites (tertiary alicyclic amines) is 1. The van der Waals surface area contributed by atoms with Crippen molar-refractivity contribution in [1.82, 2.24) is 14.8 Å². The van der Waals surface area contributed by atoms with Crippen molar-refractivity contribution in [2.24, 2.45) is 5.92 Å². The van der Waals surface area contributed by atoms with E-state index in [2.05, 4.69) is 15.2 Å². The Morgan fingerprint density at radius 1 is 1.14 bits per heavy atom. The van der Waals surface area contributed by atoms with Crippen molar-refractivity contribution in [3.05, 3.63) is 53.4 Å². The summed E-state index contributed by atoms with van der Waals surface area (Å²) in [4.78, 5) is 27.1. The van der Waals surface area contributed by atoms with Crippen molar-refractivity contribution >= 4 is 38.3 Å². The van der Waals surface area contributed by atoms with Crippen molar-refractivity contribution in [2.45, 2.75) is 57.9 Å². The van der Waals surface area contributed by atoms with E-state index in [9.17, 15) is 18.0 Å². The molecule has 0 spiro atoms. The Morgan fingerprint density at radius 2 is 1.86 bits per heavy atom. The molecule has 2 atom stereocenters. The van der Waals surface area contributed by atoms with Crippen LogP contribution < -0.4 is 10.0 Å². The molecule has 192 valence electrons. The minimum Gasteiger partial charge on any atom is -0.361 e. The van der Waals surface area contributed by atoms with Crippen LogP contribution in [0.5, 0.6) is 0 Å².